The molecule has 4 rings (SSSR count). The molecule has 0 unspecified atom stereocenters. The van der Waals surface area contributed by atoms with E-state index in [1.807, 2.05) is 4.57 Å². The molecule has 2 aromatic heterocycles. The van der Waals surface area contributed by atoms with E-state index in [1.165, 1.54) is 23.5 Å². The van der Waals surface area contributed by atoms with Crippen LogP contribution in [0.3, 0.4) is 0 Å². The minimum absolute atomic E-state index is 0.119. The van der Waals surface area contributed by atoms with Crippen molar-refractivity contribution in [3.8, 4) is 0 Å². The highest BCUT2D eigenvalue weighted by Gasteiger charge is 2.22. The van der Waals surface area contributed by atoms with E-state index in [-0.39, 0.29) is 23.9 Å². The van der Waals surface area contributed by atoms with E-state index in [2.05, 4.69) is 15.3 Å². The number of benzene rings is 1. The Hall–Kier alpha value is -2.87. The minimum Gasteiger partial charge on any atom is -0.345 e. The number of hydrogen-bond donors (Lipinski definition) is 1. The molecule has 0 bridgehead atoms. The molecule has 1 amide bonds. The lowest BCUT2D eigenvalue weighted by Gasteiger charge is -2.24. The van der Waals surface area contributed by atoms with Gasteiger partial charge in [-0.05, 0) is 43.6 Å². The molecule has 1 aromatic carbocycles. The van der Waals surface area contributed by atoms with Gasteiger partial charge >= 0.3 is 0 Å². The lowest BCUT2D eigenvalue weighted by molar-refractivity contribution is 0.0827. The normalized spacial score (nSPS) is 15.0. The summed E-state index contributed by atoms with van der Waals surface area (Å²) in [7, 11) is 3.23. The van der Waals surface area contributed by atoms with E-state index < -0.39 is 11.6 Å². The van der Waals surface area contributed by atoms with Gasteiger partial charge in [-0.1, -0.05) is 6.07 Å². The van der Waals surface area contributed by atoms with Crippen LogP contribution in [-0.4, -0.2) is 52.5 Å². The fourth-order valence-corrected chi connectivity index (χ4v) is 3.86. The van der Waals surface area contributed by atoms with Gasteiger partial charge in [-0.2, -0.15) is 0 Å². The van der Waals surface area contributed by atoms with Crippen LogP contribution in [0.15, 0.2) is 30.7 Å². The Balaban J connectivity index is 1.68. The van der Waals surface area contributed by atoms with Crippen LogP contribution in [0.2, 0.25) is 0 Å². The number of halogens is 2. The van der Waals surface area contributed by atoms with Gasteiger partial charge in [0.2, 0.25) is 0 Å². The number of carbonyl (C=O) groups excluding carboxylic acids is 1. The number of rotatable bonds is 4. The number of hydrogen-bond acceptors (Lipinski definition) is 4. The standard InChI is InChI=1S/C21H23F2N5O/c1-27(2)21(29)14-4-3-13(16(22)9-14)10-18-19-17(23)11-28(20(19)26-12-25-18)15-5-7-24-8-6-15/h3-4,9,11-12,15,24H,5-8,10H2,1-2H3. The number of fused-ring (bicyclic) bond motifs is 1. The first-order valence-electron chi connectivity index (χ1n) is 9.66. The van der Waals surface area contributed by atoms with Gasteiger partial charge in [0.05, 0.1) is 11.1 Å². The Morgan fingerprint density at radius 3 is 2.66 bits per heavy atom. The second-order valence-corrected chi connectivity index (χ2v) is 7.57. The first-order valence-corrected chi connectivity index (χ1v) is 9.66. The van der Waals surface area contributed by atoms with Crippen molar-refractivity contribution in [3.63, 3.8) is 0 Å². The van der Waals surface area contributed by atoms with Crippen LogP contribution < -0.4 is 5.32 Å². The molecule has 1 fully saturated rings. The number of amides is 1. The molecule has 0 radical (unpaired) electrons. The first kappa shape index (κ1) is 19.4. The number of carbonyl (C=O) groups is 1. The summed E-state index contributed by atoms with van der Waals surface area (Å²) in [6.45, 7) is 1.76. The summed E-state index contributed by atoms with van der Waals surface area (Å²) >= 11 is 0. The summed E-state index contributed by atoms with van der Waals surface area (Å²) in [6.07, 6.45) is 4.80. The second kappa shape index (κ2) is 7.87. The van der Waals surface area contributed by atoms with Crippen LogP contribution in [0.1, 0.15) is 40.5 Å². The molecule has 1 N–H and O–H groups in total. The van der Waals surface area contributed by atoms with E-state index in [4.69, 9.17) is 0 Å². The molecular formula is C21H23F2N5O. The SMILES string of the molecule is CN(C)C(=O)c1ccc(Cc2ncnc3c2c(F)cn3C2CCNCC2)c(F)c1. The van der Waals surface area contributed by atoms with E-state index >= 15 is 0 Å². The molecule has 0 aliphatic carbocycles. The number of aromatic nitrogens is 3. The van der Waals surface area contributed by atoms with Crippen LogP contribution in [0.4, 0.5) is 8.78 Å². The zero-order valence-electron chi connectivity index (χ0n) is 16.5. The van der Waals surface area contributed by atoms with Gasteiger partial charge in [0, 0.05) is 38.3 Å². The third-order valence-electron chi connectivity index (χ3n) is 5.41. The van der Waals surface area contributed by atoms with Crippen LogP contribution in [-0.2, 0) is 6.42 Å². The number of nitrogens with one attached hydrogen (secondary N) is 1. The molecule has 0 atom stereocenters. The van der Waals surface area contributed by atoms with Crippen molar-refractivity contribution in [1.82, 2.24) is 24.8 Å². The third kappa shape index (κ3) is 3.72. The molecule has 29 heavy (non-hydrogen) atoms. The maximum Gasteiger partial charge on any atom is 0.253 e. The minimum atomic E-state index is -0.511. The van der Waals surface area contributed by atoms with Gasteiger partial charge in [0.15, 0.2) is 5.82 Å². The fraction of sp³-hybridized carbons (Fsp3) is 0.381. The summed E-state index contributed by atoms with van der Waals surface area (Å²) in [4.78, 5) is 21.9. The van der Waals surface area contributed by atoms with Gasteiger partial charge in [-0.3, -0.25) is 4.79 Å². The average molecular weight is 399 g/mol. The third-order valence-corrected chi connectivity index (χ3v) is 5.41. The molecular weight excluding hydrogens is 376 g/mol. The van der Waals surface area contributed by atoms with Crippen molar-refractivity contribution < 1.29 is 13.6 Å². The van der Waals surface area contributed by atoms with E-state index in [0.717, 1.165) is 25.9 Å². The quantitative estimate of drug-likeness (QED) is 0.733. The molecule has 6 nitrogen and oxygen atoms in total. The molecule has 1 aliphatic rings. The van der Waals surface area contributed by atoms with Crippen molar-refractivity contribution in [1.29, 1.82) is 0 Å². The van der Waals surface area contributed by atoms with Crippen molar-refractivity contribution in [3.05, 3.63) is 59.2 Å². The molecule has 1 saturated heterocycles. The predicted molar refractivity (Wildman–Crippen MR) is 106 cm³/mol. The maximum absolute atomic E-state index is 14.8. The average Bonchev–Trinajstić information content (AvgIpc) is 3.07. The van der Waals surface area contributed by atoms with Gasteiger partial charge in [-0.15, -0.1) is 0 Å². The fourth-order valence-electron chi connectivity index (χ4n) is 3.86. The molecule has 0 spiro atoms. The summed E-state index contributed by atoms with van der Waals surface area (Å²) in [6, 6.07) is 4.53. The van der Waals surface area contributed by atoms with Gasteiger partial charge in [-0.25, -0.2) is 18.7 Å². The van der Waals surface area contributed by atoms with Crippen molar-refractivity contribution >= 4 is 16.9 Å². The number of piperidine rings is 1. The number of nitrogens with zero attached hydrogens (tertiary/aromatic N) is 4. The topological polar surface area (TPSA) is 63.1 Å². The van der Waals surface area contributed by atoms with E-state index in [0.29, 0.717) is 22.3 Å². The first-order chi connectivity index (χ1) is 14.0. The van der Waals surface area contributed by atoms with Crippen LogP contribution in [0.25, 0.3) is 11.0 Å². The monoisotopic (exact) mass is 399 g/mol. The van der Waals surface area contributed by atoms with E-state index in [1.54, 1.807) is 26.2 Å². The Kier molecular flexibility index (Phi) is 5.27. The highest BCUT2D eigenvalue weighted by molar-refractivity contribution is 5.94. The Morgan fingerprint density at radius 1 is 1.21 bits per heavy atom. The molecule has 3 aromatic rings. The Bertz CT molecular complexity index is 1060. The Morgan fingerprint density at radius 2 is 1.97 bits per heavy atom. The van der Waals surface area contributed by atoms with Gasteiger partial charge in [0.25, 0.3) is 5.91 Å². The highest BCUT2D eigenvalue weighted by atomic mass is 19.1. The predicted octanol–water partition coefficient (Wildman–Crippen LogP) is 2.93. The lowest BCUT2D eigenvalue weighted by Crippen LogP contribution is -2.29. The van der Waals surface area contributed by atoms with E-state index in [9.17, 15) is 13.6 Å². The molecule has 1 aliphatic heterocycles. The summed E-state index contributed by atoms with van der Waals surface area (Å²) in [5.74, 6) is -1.18. The van der Waals surface area contributed by atoms with Crippen molar-refractivity contribution in [2.24, 2.45) is 0 Å². The second-order valence-electron chi connectivity index (χ2n) is 7.57. The van der Waals surface area contributed by atoms with Crippen molar-refractivity contribution in [2.75, 3.05) is 27.2 Å². The summed E-state index contributed by atoms with van der Waals surface area (Å²) in [5, 5.41) is 3.63. The molecule has 8 heteroatoms. The zero-order chi connectivity index (χ0) is 20.5. The Labute approximate surface area is 167 Å². The van der Waals surface area contributed by atoms with Crippen LogP contribution >= 0.6 is 0 Å². The van der Waals surface area contributed by atoms with Gasteiger partial charge < -0.3 is 14.8 Å². The highest BCUT2D eigenvalue weighted by Crippen LogP contribution is 2.29. The van der Waals surface area contributed by atoms with Gasteiger partial charge in [0.1, 0.15) is 17.8 Å². The largest absolute Gasteiger partial charge is 0.345 e. The van der Waals surface area contributed by atoms with Crippen LogP contribution in [0, 0.1) is 11.6 Å². The smallest absolute Gasteiger partial charge is 0.253 e. The summed E-state index contributed by atoms with van der Waals surface area (Å²) in [5.41, 5.74) is 1.60. The van der Waals surface area contributed by atoms with Crippen molar-refractivity contribution in [2.45, 2.75) is 25.3 Å². The molecule has 152 valence electrons. The summed E-state index contributed by atoms with van der Waals surface area (Å²) < 4.78 is 31.3. The molecule has 3 heterocycles. The maximum atomic E-state index is 14.8. The van der Waals surface area contributed by atoms with Crippen LogP contribution in [0.5, 0.6) is 0 Å². The zero-order valence-corrected chi connectivity index (χ0v) is 16.5. The molecule has 0 saturated carbocycles. The lowest BCUT2D eigenvalue weighted by atomic mass is 10.0.